The van der Waals surface area contributed by atoms with Crippen molar-refractivity contribution in [1.29, 1.82) is 0 Å². The van der Waals surface area contributed by atoms with Crippen molar-refractivity contribution in [3.05, 3.63) is 29.6 Å². The maximum absolute atomic E-state index is 10.6. The van der Waals surface area contributed by atoms with Gasteiger partial charge in [-0.05, 0) is 24.6 Å². The molecule has 0 atom stereocenters. The van der Waals surface area contributed by atoms with Crippen molar-refractivity contribution in [2.45, 2.75) is 6.92 Å². The Morgan fingerprint density at radius 3 is 2.92 bits per heavy atom. The average molecular weight is 174 g/mol. The van der Waals surface area contributed by atoms with Gasteiger partial charge < -0.3 is 4.57 Å². The largest absolute Gasteiger partial charge is 0.325 e. The maximum Gasteiger partial charge on any atom is 0.185 e. The Bertz CT molecular complexity index is 471. The lowest BCUT2D eigenvalue weighted by molar-refractivity contribution is 0.111. The van der Waals surface area contributed by atoms with Gasteiger partial charge in [0.05, 0.1) is 11.0 Å². The molecule has 0 bridgehead atoms. The van der Waals surface area contributed by atoms with Crippen LogP contribution in [-0.2, 0) is 7.05 Å². The van der Waals surface area contributed by atoms with Crippen LogP contribution in [0.5, 0.6) is 0 Å². The Morgan fingerprint density at radius 2 is 2.23 bits per heavy atom. The highest BCUT2D eigenvalue weighted by atomic mass is 16.1. The van der Waals surface area contributed by atoms with E-state index in [1.54, 1.807) is 4.57 Å². The number of hydrogen-bond donors (Lipinski definition) is 0. The molecule has 0 unspecified atom stereocenters. The monoisotopic (exact) mass is 174 g/mol. The van der Waals surface area contributed by atoms with Crippen LogP contribution in [0.1, 0.15) is 16.2 Å². The van der Waals surface area contributed by atoms with Gasteiger partial charge in [0.15, 0.2) is 12.1 Å². The number of aldehydes is 1. The first-order valence-corrected chi connectivity index (χ1v) is 4.10. The zero-order valence-electron chi connectivity index (χ0n) is 7.61. The van der Waals surface area contributed by atoms with Crippen molar-refractivity contribution in [2.24, 2.45) is 7.05 Å². The molecule has 2 aromatic rings. The summed E-state index contributed by atoms with van der Waals surface area (Å²) in [6.45, 7) is 2.01. The smallest absolute Gasteiger partial charge is 0.185 e. The highest BCUT2D eigenvalue weighted by Gasteiger charge is 2.05. The van der Waals surface area contributed by atoms with Crippen LogP contribution in [-0.4, -0.2) is 15.8 Å². The summed E-state index contributed by atoms with van der Waals surface area (Å²) in [7, 11) is 1.84. The van der Waals surface area contributed by atoms with E-state index >= 15 is 0 Å². The summed E-state index contributed by atoms with van der Waals surface area (Å²) in [5.41, 5.74) is 3.03. The summed E-state index contributed by atoms with van der Waals surface area (Å²) in [5.74, 6) is 0.473. The van der Waals surface area contributed by atoms with Gasteiger partial charge in [0.25, 0.3) is 0 Å². The van der Waals surface area contributed by atoms with E-state index in [9.17, 15) is 4.79 Å². The minimum atomic E-state index is 0.473. The van der Waals surface area contributed by atoms with E-state index in [4.69, 9.17) is 0 Å². The number of carbonyl (C=O) groups is 1. The Balaban J connectivity index is 2.83. The highest BCUT2D eigenvalue weighted by Crippen LogP contribution is 2.15. The molecule has 3 heteroatoms. The predicted molar refractivity (Wildman–Crippen MR) is 50.8 cm³/mol. The summed E-state index contributed by atoms with van der Waals surface area (Å²) in [6.07, 6.45) is 0.773. The quantitative estimate of drug-likeness (QED) is 0.617. The van der Waals surface area contributed by atoms with E-state index in [1.165, 1.54) is 0 Å². The molecule has 0 saturated carbocycles. The third-order valence-electron chi connectivity index (χ3n) is 2.18. The number of benzene rings is 1. The van der Waals surface area contributed by atoms with E-state index in [0.717, 1.165) is 22.9 Å². The molecule has 0 radical (unpaired) electrons. The zero-order valence-corrected chi connectivity index (χ0v) is 7.61. The summed E-state index contributed by atoms with van der Waals surface area (Å²) in [4.78, 5) is 14.8. The minimum absolute atomic E-state index is 0.473. The van der Waals surface area contributed by atoms with Gasteiger partial charge in [0, 0.05) is 7.05 Å². The number of carbonyl (C=O) groups excluding carboxylic acids is 1. The van der Waals surface area contributed by atoms with Gasteiger partial charge in [-0.1, -0.05) is 6.07 Å². The van der Waals surface area contributed by atoms with Crippen molar-refractivity contribution >= 4 is 17.3 Å². The molecule has 1 aromatic heterocycles. The summed E-state index contributed by atoms with van der Waals surface area (Å²) in [6, 6.07) is 5.96. The van der Waals surface area contributed by atoms with Crippen LogP contribution in [0.4, 0.5) is 0 Å². The van der Waals surface area contributed by atoms with Crippen LogP contribution < -0.4 is 0 Å². The standard InChI is InChI=1S/C10H10N2O/c1-7-3-4-9-8(5-7)11-10(6-13)12(9)2/h3-6H,1-2H3. The van der Waals surface area contributed by atoms with Crippen molar-refractivity contribution in [2.75, 3.05) is 0 Å². The van der Waals surface area contributed by atoms with Gasteiger partial charge in [-0.3, -0.25) is 4.79 Å². The van der Waals surface area contributed by atoms with Gasteiger partial charge in [-0.2, -0.15) is 0 Å². The number of aromatic nitrogens is 2. The zero-order chi connectivity index (χ0) is 9.42. The minimum Gasteiger partial charge on any atom is -0.325 e. The molecule has 0 fully saturated rings. The second-order valence-corrected chi connectivity index (χ2v) is 3.14. The molecule has 0 aliphatic heterocycles. The van der Waals surface area contributed by atoms with E-state index in [2.05, 4.69) is 4.98 Å². The van der Waals surface area contributed by atoms with Gasteiger partial charge in [0.1, 0.15) is 0 Å². The van der Waals surface area contributed by atoms with Crippen LogP contribution in [0.25, 0.3) is 11.0 Å². The number of rotatable bonds is 1. The fraction of sp³-hybridized carbons (Fsp3) is 0.200. The third-order valence-corrected chi connectivity index (χ3v) is 2.18. The molecular formula is C10H10N2O. The average Bonchev–Trinajstić information content (AvgIpc) is 2.42. The fourth-order valence-corrected chi connectivity index (χ4v) is 1.43. The van der Waals surface area contributed by atoms with Crippen LogP contribution in [0, 0.1) is 6.92 Å². The molecule has 0 N–H and O–H groups in total. The molecular weight excluding hydrogens is 164 g/mol. The number of aryl methyl sites for hydroxylation is 2. The Kier molecular flexibility index (Phi) is 1.65. The molecule has 0 aliphatic rings. The molecule has 1 heterocycles. The molecule has 13 heavy (non-hydrogen) atoms. The van der Waals surface area contributed by atoms with E-state index in [-0.39, 0.29) is 0 Å². The van der Waals surface area contributed by atoms with E-state index in [0.29, 0.717) is 5.82 Å². The highest BCUT2D eigenvalue weighted by molar-refractivity contribution is 5.83. The van der Waals surface area contributed by atoms with Gasteiger partial charge in [0.2, 0.25) is 0 Å². The van der Waals surface area contributed by atoms with Gasteiger partial charge in [-0.25, -0.2) is 4.98 Å². The Labute approximate surface area is 76.0 Å². The lowest BCUT2D eigenvalue weighted by Crippen LogP contribution is -1.94. The third kappa shape index (κ3) is 1.13. The molecule has 2 rings (SSSR count). The molecule has 0 spiro atoms. The van der Waals surface area contributed by atoms with Gasteiger partial charge in [-0.15, -0.1) is 0 Å². The molecule has 1 aromatic carbocycles. The number of imidazole rings is 1. The summed E-state index contributed by atoms with van der Waals surface area (Å²) < 4.78 is 1.79. The molecule has 0 saturated heterocycles. The number of fused-ring (bicyclic) bond motifs is 1. The maximum atomic E-state index is 10.6. The first-order chi connectivity index (χ1) is 6.22. The molecule has 0 aliphatic carbocycles. The predicted octanol–water partition coefficient (Wildman–Crippen LogP) is 1.69. The second kappa shape index (κ2) is 2.69. The Hall–Kier alpha value is -1.64. The first-order valence-electron chi connectivity index (χ1n) is 4.10. The molecule has 3 nitrogen and oxygen atoms in total. The number of hydrogen-bond acceptors (Lipinski definition) is 2. The van der Waals surface area contributed by atoms with Crippen molar-refractivity contribution in [3.8, 4) is 0 Å². The van der Waals surface area contributed by atoms with Crippen LogP contribution in [0.15, 0.2) is 18.2 Å². The lowest BCUT2D eigenvalue weighted by atomic mass is 10.2. The Morgan fingerprint density at radius 1 is 1.46 bits per heavy atom. The van der Waals surface area contributed by atoms with Crippen molar-refractivity contribution in [1.82, 2.24) is 9.55 Å². The normalized spacial score (nSPS) is 10.6. The van der Waals surface area contributed by atoms with Crippen molar-refractivity contribution in [3.63, 3.8) is 0 Å². The number of nitrogens with zero attached hydrogens (tertiary/aromatic N) is 2. The first kappa shape index (κ1) is 7.98. The topological polar surface area (TPSA) is 34.9 Å². The van der Waals surface area contributed by atoms with Crippen LogP contribution in [0.2, 0.25) is 0 Å². The summed E-state index contributed by atoms with van der Waals surface area (Å²) >= 11 is 0. The molecule has 0 amide bonds. The SMILES string of the molecule is Cc1ccc2c(c1)nc(C=O)n2C. The lowest BCUT2D eigenvalue weighted by Gasteiger charge is -1.95. The van der Waals surface area contributed by atoms with E-state index < -0.39 is 0 Å². The van der Waals surface area contributed by atoms with Crippen LogP contribution in [0.3, 0.4) is 0 Å². The van der Waals surface area contributed by atoms with Crippen molar-refractivity contribution < 1.29 is 4.79 Å². The van der Waals surface area contributed by atoms with Crippen LogP contribution >= 0.6 is 0 Å². The fourth-order valence-electron chi connectivity index (χ4n) is 1.43. The van der Waals surface area contributed by atoms with E-state index in [1.807, 2.05) is 32.2 Å². The summed E-state index contributed by atoms with van der Waals surface area (Å²) in [5, 5.41) is 0. The van der Waals surface area contributed by atoms with Gasteiger partial charge >= 0.3 is 0 Å². The second-order valence-electron chi connectivity index (χ2n) is 3.14. The molecule has 66 valence electrons.